The lowest BCUT2D eigenvalue weighted by atomic mass is 10.1. The molecule has 0 radical (unpaired) electrons. The number of carbonyl (C=O) groups excluding carboxylic acids is 1. The highest BCUT2D eigenvalue weighted by Gasteiger charge is 2.09. The van der Waals surface area contributed by atoms with E-state index in [9.17, 15) is 4.79 Å². The highest BCUT2D eigenvalue weighted by atomic mass is 79.9. The number of hydrogen-bond donors (Lipinski definition) is 2. The molecule has 2 aromatic carbocycles. The number of rotatable bonds is 5. The van der Waals surface area contributed by atoms with Crippen LogP contribution in [0.15, 0.2) is 79.3 Å². The number of aromatic nitrogens is 2. The maximum atomic E-state index is 12.3. The van der Waals surface area contributed by atoms with Crippen molar-refractivity contribution in [2.45, 2.75) is 13.0 Å². The van der Waals surface area contributed by atoms with Crippen LogP contribution in [0.5, 0.6) is 0 Å². The molecule has 4 rings (SSSR count). The Morgan fingerprint density at radius 1 is 1.00 bits per heavy atom. The van der Waals surface area contributed by atoms with E-state index in [1.807, 2.05) is 30.6 Å². The molecule has 0 saturated heterocycles. The van der Waals surface area contributed by atoms with E-state index < -0.39 is 0 Å². The monoisotopic (exact) mass is 455 g/mol. The highest BCUT2D eigenvalue weighted by molar-refractivity contribution is 6.30. The number of nitrogens with zero attached hydrogens (tertiary/aromatic N) is 1. The third kappa shape index (κ3) is 4.61. The first kappa shape index (κ1) is 20.1. The quantitative estimate of drug-likeness (QED) is 0.441. The number of carbonyl (C=O) groups is 1. The molecule has 0 atom stereocenters. The van der Waals surface area contributed by atoms with Gasteiger partial charge in [-0.05, 0) is 35.9 Å². The van der Waals surface area contributed by atoms with Gasteiger partial charge in [-0.3, -0.25) is 4.79 Å². The molecule has 142 valence electrons. The van der Waals surface area contributed by atoms with Crippen molar-refractivity contribution in [3.8, 4) is 0 Å². The number of halogens is 2. The minimum absolute atomic E-state index is 0. The summed E-state index contributed by atoms with van der Waals surface area (Å²) in [5.74, 6) is -0.150. The van der Waals surface area contributed by atoms with E-state index in [4.69, 9.17) is 11.6 Å². The molecule has 0 unspecified atom stereocenters. The number of H-pyrrole nitrogens is 1. The zero-order chi connectivity index (χ0) is 18.6. The van der Waals surface area contributed by atoms with Crippen LogP contribution < -0.4 is 26.9 Å². The summed E-state index contributed by atoms with van der Waals surface area (Å²) in [4.78, 5) is 15.6. The Labute approximate surface area is 178 Å². The van der Waals surface area contributed by atoms with Crippen LogP contribution in [-0.4, -0.2) is 10.9 Å². The minimum Gasteiger partial charge on any atom is -1.00 e. The van der Waals surface area contributed by atoms with Gasteiger partial charge in [-0.2, -0.15) is 0 Å². The fourth-order valence-corrected chi connectivity index (χ4v) is 3.21. The van der Waals surface area contributed by atoms with Gasteiger partial charge in [-0.25, -0.2) is 4.57 Å². The maximum Gasteiger partial charge on any atom is 0.255 e. The van der Waals surface area contributed by atoms with Gasteiger partial charge < -0.3 is 27.3 Å². The molecule has 0 spiro atoms. The number of fused-ring (bicyclic) bond motifs is 1. The molecule has 6 heteroatoms. The first-order valence-corrected chi connectivity index (χ1v) is 9.18. The number of para-hydroxylation sites is 1. The van der Waals surface area contributed by atoms with Gasteiger partial charge in [0.05, 0.1) is 5.69 Å². The van der Waals surface area contributed by atoms with Crippen LogP contribution in [0.1, 0.15) is 15.9 Å². The van der Waals surface area contributed by atoms with Crippen LogP contribution in [0.25, 0.3) is 10.9 Å². The maximum absolute atomic E-state index is 12.3. The Bertz CT molecular complexity index is 1080. The number of aryl methyl sites for hydroxylation is 2. The second-order valence-corrected chi connectivity index (χ2v) is 6.83. The molecule has 4 aromatic rings. The average Bonchev–Trinajstić information content (AvgIpc) is 3.11. The summed E-state index contributed by atoms with van der Waals surface area (Å²) >= 11 is 5.86. The largest absolute Gasteiger partial charge is 1.00 e. The Morgan fingerprint density at radius 3 is 2.46 bits per heavy atom. The molecule has 2 N–H and O–H groups in total. The van der Waals surface area contributed by atoms with Crippen molar-refractivity contribution in [2.24, 2.45) is 0 Å². The molecule has 4 nitrogen and oxygen atoms in total. The summed E-state index contributed by atoms with van der Waals surface area (Å²) in [6.45, 7) is 0.868. The number of hydrogen-bond acceptors (Lipinski definition) is 1. The summed E-state index contributed by atoms with van der Waals surface area (Å²) < 4.78 is 2.11. The number of aromatic amines is 1. The second kappa shape index (κ2) is 9.04. The average molecular weight is 457 g/mol. The summed E-state index contributed by atoms with van der Waals surface area (Å²) in [6, 6.07) is 19.0. The predicted molar refractivity (Wildman–Crippen MR) is 108 cm³/mol. The van der Waals surface area contributed by atoms with Crippen molar-refractivity contribution in [1.29, 1.82) is 0 Å². The molecule has 1 amide bonds. The molecule has 0 aliphatic carbocycles. The number of nitrogens with one attached hydrogen (secondary N) is 2. The van der Waals surface area contributed by atoms with Gasteiger partial charge in [0.2, 0.25) is 0 Å². The summed E-state index contributed by atoms with van der Waals surface area (Å²) in [5, 5.41) is 4.78. The van der Waals surface area contributed by atoms with Gasteiger partial charge in [-0.15, -0.1) is 0 Å². The van der Waals surface area contributed by atoms with Crippen molar-refractivity contribution >= 4 is 34.1 Å². The van der Waals surface area contributed by atoms with Gasteiger partial charge in [0.1, 0.15) is 0 Å². The van der Waals surface area contributed by atoms with Crippen molar-refractivity contribution in [1.82, 2.24) is 4.98 Å². The van der Waals surface area contributed by atoms with Crippen LogP contribution in [0, 0.1) is 0 Å². The fraction of sp³-hybridized carbons (Fsp3) is 0.0909. The predicted octanol–water partition coefficient (Wildman–Crippen LogP) is 1.61. The summed E-state index contributed by atoms with van der Waals surface area (Å²) in [6.07, 6.45) is 6.97. The summed E-state index contributed by atoms with van der Waals surface area (Å²) in [5.41, 5.74) is 3.81. The van der Waals surface area contributed by atoms with Crippen LogP contribution in [0.4, 0.5) is 5.69 Å². The van der Waals surface area contributed by atoms with E-state index in [-0.39, 0.29) is 22.9 Å². The van der Waals surface area contributed by atoms with Crippen molar-refractivity contribution in [3.05, 3.63) is 95.4 Å². The molecule has 2 heterocycles. The third-order valence-electron chi connectivity index (χ3n) is 4.57. The van der Waals surface area contributed by atoms with Crippen molar-refractivity contribution in [3.63, 3.8) is 0 Å². The standard InChI is InChI=1S/C22H18ClN3O.BrH/c23-18-7-5-16(6-8-18)22(27)25-19-10-13-26(14-11-19)12-9-17-15-24-21-4-2-1-3-20(17)21;/h1-8,10-11,13-15,24H,9,12H2;1H. The van der Waals surface area contributed by atoms with Gasteiger partial charge in [0.15, 0.2) is 18.9 Å². The Balaban J connectivity index is 0.00000225. The normalized spacial score (nSPS) is 10.5. The van der Waals surface area contributed by atoms with Crippen LogP contribution in [0.2, 0.25) is 5.02 Å². The Morgan fingerprint density at radius 2 is 1.71 bits per heavy atom. The van der Waals surface area contributed by atoms with Gasteiger partial charge in [0.25, 0.3) is 5.91 Å². The molecule has 0 aliphatic rings. The van der Waals surface area contributed by atoms with E-state index in [0.717, 1.165) is 24.2 Å². The van der Waals surface area contributed by atoms with Crippen LogP contribution in [0.3, 0.4) is 0 Å². The first-order chi connectivity index (χ1) is 13.2. The number of anilines is 1. The van der Waals surface area contributed by atoms with Crippen LogP contribution in [-0.2, 0) is 13.0 Å². The lowest BCUT2D eigenvalue weighted by molar-refractivity contribution is -0.696. The minimum atomic E-state index is -0.150. The third-order valence-corrected chi connectivity index (χ3v) is 4.82. The van der Waals surface area contributed by atoms with E-state index >= 15 is 0 Å². The number of pyridine rings is 1. The lowest BCUT2D eigenvalue weighted by Crippen LogP contribution is -3.00. The Kier molecular flexibility index (Phi) is 6.49. The molecule has 0 fully saturated rings. The van der Waals surface area contributed by atoms with E-state index in [2.05, 4.69) is 39.3 Å². The highest BCUT2D eigenvalue weighted by Crippen LogP contribution is 2.18. The molecular weight excluding hydrogens is 438 g/mol. The zero-order valence-corrected chi connectivity index (χ0v) is 17.4. The van der Waals surface area contributed by atoms with Gasteiger partial charge in [0, 0.05) is 46.2 Å². The zero-order valence-electron chi connectivity index (χ0n) is 15.0. The van der Waals surface area contributed by atoms with Crippen molar-refractivity contribution < 1.29 is 26.3 Å². The fourth-order valence-electron chi connectivity index (χ4n) is 3.08. The van der Waals surface area contributed by atoms with Gasteiger partial charge in [-0.1, -0.05) is 29.8 Å². The molecule has 0 saturated carbocycles. The van der Waals surface area contributed by atoms with E-state index in [0.29, 0.717) is 10.6 Å². The second-order valence-electron chi connectivity index (χ2n) is 6.40. The molecule has 28 heavy (non-hydrogen) atoms. The topological polar surface area (TPSA) is 48.8 Å². The SMILES string of the molecule is O=C(Nc1cc[n+](CCc2c[nH]c3ccccc23)cc1)c1ccc(Cl)cc1.[Br-]. The summed E-state index contributed by atoms with van der Waals surface area (Å²) in [7, 11) is 0. The molecular formula is C22H19BrClN3O. The van der Waals surface area contributed by atoms with Crippen LogP contribution >= 0.6 is 11.6 Å². The molecule has 0 aliphatic heterocycles. The first-order valence-electron chi connectivity index (χ1n) is 8.80. The van der Waals surface area contributed by atoms with E-state index in [1.165, 1.54) is 10.9 Å². The lowest BCUT2D eigenvalue weighted by Gasteiger charge is -2.05. The van der Waals surface area contributed by atoms with E-state index in [1.54, 1.807) is 24.3 Å². The number of benzene rings is 2. The Hall–Kier alpha value is -2.63. The number of amides is 1. The smallest absolute Gasteiger partial charge is 0.255 e. The molecule has 2 aromatic heterocycles. The van der Waals surface area contributed by atoms with Gasteiger partial charge >= 0.3 is 0 Å². The van der Waals surface area contributed by atoms with Crippen molar-refractivity contribution in [2.75, 3.05) is 5.32 Å². The molecule has 0 bridgehead atoms.